The zero-order valence-electron chi connectivity index (χ0n) is 12.3. The normalized spacial score (nSPS) is 21.9. The molecular formula is C15H18N4O3. The molecule has 7 heteroatoms. The quantitative estimate of drug-likeness (QED) is 0.852. The molecule has 2 heterocycles. The number of carbonyl (C=O) groups excluding carboxylic acids is 1. The Balaban J connectivity index is 1.70. The molecule has 1 aliphatic carbocycles. The van der Waals surface area contributed by atoms with E-state index in [4.69, 9.17) is 0 Å². The van der Waals surface area contributed by atoms with Gasteiger partial charge in [-0.25, -0.2) is 4.63 Å². The third-order valence-electron chi connectivity index (χ3n) is 4.02. The Kier molecular flexibility index (Phi) is 4.15. The number of aliphatic hydroxyl groups is 1. The SMILES string of the molecule is Cc1nonc1CC(=O)NC(c1ccccn1)C1CC(O)C1. The number of hydrogen-bond donors (Lipinski definition) is 2. The molecule has 1 aliphatic rings. The molecule has 2 aromatic rings. The van der Waals surface area contributed by atoms with Gasteiger partial charge in [-0.3, -0.25) is 9.78 Å². The molecular weight excluding hydrogens is 284 g/mol. The van der Waals surface area contributed by atoms with E-state index in [1.54, 1.807) is 13.1 Å². The minimum absolute atomic E-state index is 0.119. The first-order valence-electron chi connectivity index (χ1n) is 7.30. The first-order chi connectivity index (χ1) is 10.6. The van der Waals surface area contributed by atoms with Crippen molar-refractivity contribution in [2.75, 3.05) is 0 Å². The first-order valence-corrected chi connectivity index (χ1v) is 7.30. The minimum Gasteiger partial charge on any atom is -0.393 e. The number of aryl methyl sites for hydroxylation is 1. The van der Waals surface area contributed by atoms with Crippen molar-refractivity contribution in [2.24, 2.45) is 5.92 Å². The highest BCUT2D eigenvalue weighted by Crippen LogP contribution is 2.37. The summed E-state index contributed by atoms with van der Waals surface area (Å²) in [7, 11) is 0. The maximum Gasteiger partial charge on any atom is 0.226 e. The molecule has 0 bridgehead atoms. The molecule has 3 rings (SSSR count). The van der Waals surface area contributed by atoms with Crippen molar-refractivity contribution in [1.82, 2.24) is 20.6 Å². The van der Waals surface area contributed by atoms with Crippen molar-refractivity contribution >= 4 is 5.91 Å². The second-order valence-electron chi connectivity index (χ2n) is 5.66. The van der Waals surface area contributed by atoms with Gasteiger partial charge in [0.2, 0.25) is 5.91 Å². The number of nitrogens with one attached hydrogen (secondary N) is 1. The van der Waals surface area contributed by atoms with Gasteiger partial charge in [0.1, 0.15) is 11.4 Å². The molecule has 0 radical (unpaired) electrons. The lowest BCUT2D eigenvalue weighted by Crippen LogP contribution is -2.42. The Morgan fingerprint density at radius 2 is 2.27 bits per heavy atom. The van der Waals surface area contributed by atoms with Crippen LogP contribution in [-0.2, 0) is 11.2 Å². The molecule has 1 fully saturated rings. The molecule has 1 amide bonds. The van der Waals surface area contributed by atoms with Crippen LogP contribution in [0.2, 0.25) is 0 Å². The van der Waals surface area contributed by atoms with Gasteiger partial charge in [0, 0.05) is 6.20 Å². The highest BCUT2D eigenvalue weighted by molar-refractivity contribution is 5.78. The summed E-state index contributed by atoms with van der Waals surface area (Å²) >= 11 is 0. The van der Waals surface area contributed by atoms with Crippen LogP contribution in [-0.4, -0.2) is 32.4 Å². The molecule has 1 atom stereocenters. The van der Waals surface area contributed by atoms with Crippen LogP contribution in [0.5, 0.6) is 0 Å². The van der Waals surface area contributed by atoms with Crippen molar-refractivity contribution in [1.29, 1.82) is 0 Å². The number of carbonyl (C=O) groups is 1. The molecule has 1 saturated carbocycles. The van der Waals surface area contributed by atoms with Crippen molar-refractivity contribution in [2.45, 2.75) is 38.3 Å². The van der Waals surface area contributed by atoms with Crippen LogP contribution >= 0.6 is 0 Å². The molecule has 1 unspecified atom stereocenters. The van der Waals surface area contributed by atoms with Crippen LogP contribution in [0.15, 0.2) is 29.0 Å². The molecule has 2 N–H and O–H groups in total. The third kappa shape index (κ3) is 3.14. The van der Waals surface area contributed by atoms with E-state index in [1.165, 1.54) is 0 Å². The highest BCUT2D eigenvalue weighted by Gasteiger charge is 2.36. The number of pyridine rings is 1. The smallest absolute Gasteiger partial charge is 0.226 e. The third-order valence-corrected chi connectivity index (χ3v) is 4.02. The fourth-order valence-corrected chi connectivity index (χ4v) is 2.68. The van der Waals surface area contributed by atoms with E-state index in [1.807, 2.05) is 18.2 Å². The summed E-state index contributed by atoms with van der Waals surface area (Å²) in [5.41, 5.74) is 1.96. The fraction of sp³-hybridized carbons (Fsp3) is 0.467. The number of nitrogens with zero attached hydrogens (tertiary/aromatic N) is 3. The van der Waals surface area contributed by atoms with E-state index in [0.29, 0.717) is 24.2 Å². The van der Waals surface area contributed by atoms with E-state index in [2.05, 4.69) is 25.2 Å². The lowest BCUT2D eigenvalue weighted by molar-refractivity contribution is -0.122. The van der Waals surface area contributed by atoms with Gasteiger partial charge < -0.3 is 10.4 Å². The number of rotatable bonds is 5. The first kappa shape index (κ1) is 14.6. The monoisotopic (exact) mass is 302 g/mol. The van der Waals surface area contributed by atoms with E-state index in [-0.39, 0.29) is 30.4 Å². The summed E-state index contributed by atoms with van der Waals surface area (Å²) in [6, 6.07) is 5.42. The molecule has 2 aromatic heterocycles. The lowest BCUT2D eigenvalue weighted by Gasteiger charge is -2.37. The average molecular weight is 302 g/mol. The van der Waals surface area contributed by atoms with Crippen LogP contribution in [0.3, 0.4) is 0 Å². The van der Waals surface area contributed by atoms with Crippen molar-refractivity contribution in [3.8, 4) is 0 Å². The summed E-state index contributed by atoms with van der Waals surface area (Å²) in [6.45, 7) is 1.75. The molecule has 116 valence electrons. The zero-order chi connectivity index (χ0) is 15.5. The summed E-state index contributed by atoms with van der Waals surface area (Å²) in [5.74, 6) is 0.0428. The van der Waals surface area contributed by atoms with E-state index < -0.39 is 0 Å². The minimum atomic E-state index is -0.282. The summed E-state index contributed by atoms with van der Waals surface area (Å²) in [5, 5.41) is 19.9. The number of hydrogen-bond acceptors (Lipinski definition) is 6. The van der Waals surface area contributed by atoms with E-state index in [0.717, 1.165) is 5.69 Å². The average Bonchev–Trinajstić information content (AvgIpc) is 2.88. The topological polar surface area (TPSA) is 101 Å². The van der Waals surface area contributed by atoms with E-state index >= 15 is 0 Å². The van der Waals surface area contributed by atoms with Crippen molar-refractivity contribution < 1.29 is 14.5 Å². The molecule has 22 heavy (non-hydrogen) atoms. The van der Waals surface area contributed by atoms with Gasteiger partial charge in [-0.05, 0) is 37.8 Å². The molecule has 0 aromatic carbocycles. The second-order valence-corrected chi connectivity index (χ2v) is 5.66. The van der Waals surface area contributed by atoms with Gasteiger partial charge in [-0.1, -0.05) is 16.4 Å². The van der Waals surface area contributed by atoms with Gasteiger partial charge in [0.15, 0.2) is 0 Å². The maximum atomic E-state index is 12.3. The predicted molar refractivity (Wildman–Crippen MR) is 76.6 cm³/mol. The van der Waals surface area contributed by atoms with E-state index in [9.17, 15) is 9.90 Å². The Bertz CT molecular complexity index is 637. The van der Waals surface area contributed by atoms with Crippen LogP contribution in [0.25, 0.3) is 0 Å². The number of amides is 1. The molecule has 0 spiro atoms. The summed E-state index contributed by atoms with van der Waals surface area (Å²) in [4.78, 5) is 16.6. The maximum absolute atomic E-state index is 12.3. The van der Waals surface area contributed by atoms with Crippen LogP contribution < -0.4 is 5.32 Å². The number of aliphatic hydroxyl groups excluding tert-OH is 1. The Labute approximate surface area is 127 Å². The van der Waals surface area contributed by atoms with Gasteiger partial charge in [-0.2, -0.15) is 0 Å². The van der Waals surface area contributed by atoms with Gasteiger partial charge in [0.25, 0.3) is 0 Å². The Hall–Kier alpha value is -2.28. The van der Waals surface area contributed by atoms with Crippen molar-refractivity contribution in [3.63, 3.8) is 0 Å². The summed E-state index contributed by atoms with van der Waals surface area (Å²) < 4.78 is 4.60. The van der Waals surface area contributed by atoms with Gasteiger partial charge in [0.05, 0.1) is 24.3 Å². The molecule has 7 nitrogen and oxygen atoms in total. The number of aromatic nitrogens is 3. The Morgan fingerprint density at radius 1 is 1.45 bits per heavy atom. The van der Waals surface area contributed by atoms with Gasteiger partial charge in [-0.15, -0.1) is 0 Å². The Morgan fingerprint density at radius 3 is 2.86 bits per heavy atom. The highest BCUT2D eigenvalue weighted by atomic mass is 16.6. The zero-order valence-corrected chi connectivity index (χ0v) is 12.3. The predicted octanol–water partition coefficient (Wildman–Crippen LogP) is 0.944. The fourth-order valence-electron chi connectivity index (χ4n) is 2.68. The van der Waals surface area contributed by atoms with Crippen LogP contribution in [0.1, 0.15) is 36.0 Å². The lowest BCUT2D eigenvalue weighted by atomic mass is 9.76. The molecule has 0 aliphatic heterocycles. The largest absolute Gasteiger partial charge is 0.393 e. The second kappa shape index (κ2) is 6.23. The standard InChI is InChI=1S/C15H18N4O3/c1-9-13(19-22-18-9)8-14(21)17-15(10-6-11(20)7-10)12-4-2-3-5-16-12/h2-5,10-11,15,20H,6-8H2,1H3,(H,17,21). The van der Waals surface area contributed by atoms with Crippen molar-refractivity contribution in [3.05, 3.63) is 41.5 Å². The van der Waals surface area contributed by atoms with Crippen LogP contribution in [0, 0.1) is 12.8 Å². The summed E-state index contributed by atoms with van der Waals surface area (Å²) in [6.07, 6.45) is 2.89. The van der Waals surface area contributed by atoms with Gasteiger partial charge >= 0.3 is 0 Å². The molecule has 0 saturated heterocycles. The van der Waals surface area contributed by atoms with Crippen LogP contribution in [0.4, 0.5) is 0 Å².